The number of urea groups is 1. The number of nitrogens with one attached hydrogen (secondary N) is 3. The molecule has 0 aliphatic carbocycles. The molecule has 3 N–H and O–H groups in total. The Morgan fingerprint density at radius 2 is 1.89 bits per heavy atom. The lowest BCUT2D eigenvalue weighted by atomic mass is 10.2. The van der Waals surface area contributed by atoms with Gasteiger partial charge in [-0.1, -0.05) is 12.1 Å². The molecular formula is C12H13N3O3. The van der Waals surface area contributed by atoms with E-state index in [0.717, 1.165) is 5.39 Å². The molecule has 1 heterocycles. The van der Waals surface area contributed by atoms with Crippen LogP contribution < -0.4 is 21.6 Å². The van der Waals surface area contributed by atoms with E-state index in [1.165, 1.54) is 7.05 Å². The first kappa shape index (κ1) is 12.0. The molecule has 2 amide bonds. The first-order valence-electron chi connectivity index (χ1n) is 5.39. The van der Waals surface area contributed by atoms with Gasteiger partial charge in [-0.15, -0.1) is 0 Å². The lowest BCUT2D eigenvalue weighted by Crippen LogP contribution is -2.28. The molecule has 6 nitrogen and oxygen atoms in total. The van der Waals surface area contributed by atoms with Crippen molar-refractivity contribution in [2.75, 3.05) is 24.7 Å². The summed E-state index contributed by atoms with van der Waals surface area (Å²) in [5.74, 6) is 0. The monoisotopic (exact) mass is 247 g/mol. The quantitative estimate of drug-likeness (QED) is 0.704. The molecule has 0 bridgehead atoms. The van der Waals surface area contributed by atoms with Crippen molar-refractivity contribution in [1.82, 2.24) is 5.32 Å². The zero-order valence-corrected chi connectivity index (χ0v) is 10.0. The lowest BCUT2D eigenvalue weighted by Gasteiger charge is -2.11. The summed E-state index contributed by atoms with van der Waals surface area (Å²) >= 11 is 0. The summed E-state index contributed by atoms with van der Waals surface area (Å²) in [5, 5.41) is 8.47. The van der Waals surface area contributed by atoms with Crippen molar-refractivity contribution >= 4 is 28.4 Å². The van der Waals surface area contributed by atoms with E-state index in [2.05, 4.69) is 16.0 Å². The molecule has 2 aromatic rings. The van der Waals surface area contributed by atoms with Crippen LogP contribution in [0.15, 0.2) is 33.5 Å². The van der Waals surface area contributed by atoms with Gasteiger partial charge >= 0.3 is 11.7 Å². The van der Waals surface area contributed by atoms with Crippen LogP contribution in [0.3, 0.4) is 0 Å². The number of rotatable bonds is 2. The van der Waals surface area contributed by atoms with Gasteiger partial charge in [-0.05, 0) is 12.1 Å². The number of anilines is 2. The number of hydrogen-bond donors (Lipinski definition) is 3. The summed E-state index contributed by atoms with van der Waals surface area (Å²) in [5.41, 5.74) is 0.497. The Hall–Kier alpha value is -2.50. The highest BCUT2D eigenvalue weighted by molar-refractivity contribution is 6.01. The Balaban J connectivity index is 2.68. The minimum atomic E-state index is -0.596. The van der Waals surface area contributed by atoms with Crippen LogP contribution in [-0.2, 0) is 0 Å². The molecule has 0 unspecified atom stereocenters. The summed E-state index contributed by atoms with van der Waals surface area (Å²) in [6.07, 6.45) is 0. The molecule has 94 valence electrons. The molecule has 6 heteroatoms. The molecule has 0 spiro atoms. The van der Waals surface area contributed by atoms with Crippen LogP contribution in [0.1, 0.15) is 0 Å². The van der Waals surface area contributed by atoms with Gasteiger partial charge in [0.05, 0.1) is 5.69 Å². The van der Waals surface area contributed by atoms with E-state index in [-0.39, 0.29) is 5.69 Å². The third-order valence-corrected chi connectivity index (χ3v) is 2.53. The average Bonchev–Trinajstić information content (AvgIpc) is 2.39. The fraction of sp³-hybridized carbons (Fsp3) is 0.167. The Bertz CT molecular complexity index is 649. The van der Waals surface area contributed by atoms with Crippen molar-refractivity contribution in [1.29, 1.82) is 0 Å². The van der Waals surface area contributed by atoms with Gasteiger partial charge in [0.2, 0.25) is 0 Å². The third-order valence-electron chi connectivity index (χ3n) is 2.53. The summed E-state index contributed by atoms with van der Waals surface area (Å²) in [6, 6.07) is 6.62. The normalized spacial score (nSPS) is 10.1. The topological polar surface area (TPSA) is 83.4 Å². The maximum atomic E-state index is 11.8. The number of carbonyl (C=O) groups is 1. The molecule has 0 aliphatic rings. The largest absolute Gasteiger partial charge is 0.421 e. The van der Waals surface area contributed by atoms with Crippen LogP contribution in [0.4, 0.5) is 16.2 Å². The highest BCUT2D eigenvalue weighted by Gasteiger charge is 2.14. The molecule has 0 aliphatic heterocycles. The smallest absolute Gasteiger partial charge is 0.362 e. The number of benzene rings is 1. The van der Waals surface area contributed by atoms with Crippen molar-refractivity contribution in [2.24, 2.45) is 0 Å². The molecule has 0 fully saturated rings. The van der Waals surface area contributed by atoms with Crippen LogP contribution in [0.2, 0.25) is 0 Å². The molecule has 0 atom stereocenters. The minimum absolute atomic E-state index is 0.0931. The predicted molar refractivity (Wildman–Crippen MR) is 70.1 cm³/mol. The van der Waals surface area contributed by atoms with Gasteiger partial charge in [0.1, 0.15) is 5.58 Å². The Kier molecular flexibility index (Phi) is 3.18. The summed E-state index contributed by atoms with van der Waals surface area (Å²) < 4.78 is 5.14. The van der Waals surface area contributed by atoms with Crippen LogP contribution >= 0.6 is 0 Å². The fourth-order valence-electron chi connectivity index (χ4n) is 1.70. The molecule has 0 saturated carbocycles. The van der Waals surface area contributed by atoms with E-state index < -0.39 is 11.7 Å². The maximum absolute atomic E-state index is 11.8. The molecule has 1 aromatic heterocycles. The predicted octanol–water partition coefficient (Wildman–Crippen LogP) is 1.59. The third kappa shape index (κ3) is 2.00. The van der Waals surface area contributed by atoms with Crippen molar-refractivity contribution in [3.8, 4) is 0 Å². The van der Waals surface area contributed by atoms with Gasteiger partial charge in [0, 0.05) is 19.5 Å². The van der Waals surface area contributed by atoms with Crippen molar-refractivity contribution < 1.29 is 9.21 Å². The van der Waals surface area contributed by atoms with Gasteiger partial charge in [-0.3, -0.25) is 5.32 Å². The van der Waals surface area contributed by atoms with E-state index in [0.29, 0.717) is 11.3 Å². The van der Waals surface area contributed by atoms with Gasteiger partial charge in [-0.2, -0.15) is 0 Å². The van der Waals surface area contributed by atoms with Crippen molar-refractivity contribution in [2.45, 2.75) is 0 Å². The van der Waals surface area contributed by atoms with Crippen LogP contribution in [0.25, 0.3) is 11.0 Å². The second-order valence-corrected chi connectivity index (χ2v) is 3.59. The zero-order chi connectivity index (χ0) is 13.1. The molecular weight excluding hydrogens is 234 g/mol. The maximum Gasteiger partial charge on any atom is 0.362 e. The van der Waals surface area contributed by atoms with Gasteiger partial charge < -0.3 is 15.1 Å². The first-order valence-corrected chi connectivity index (χ1v) is 5.39. The number of para-hydroxylation sites is 1. The van der Waals surface area contributed by atoms with E-state index in [1.54, 1.807) is 25.2 Å². The molecule has 2 rings (SSSR count). The first-order chi connectivity index (χ1) is 8.67. The molecule has 0 radical (unpaired) electrons. The van der Waals surface area contributed by atoms with Crippen LogP contribution in [0, 0.1) is 0 Å². The fourth-order valence-corrected chi connectivity index (χ4v) is 1.70. The zero-order valence-electron chi connectivity index (χ0n) is 10.0. The second kappa shape index (κ2) is 4.79. The summed E-state index contributed by atoms with van der Waals surface area (Å²) in [7, 11) is 3.15. The standard InChI is InChI=1S/C12H13N3O3/c1-13-9-7-5-3-4-6-8(7)18-11(16)10(9)15-12(17)14-2/h3-6,13H,1-2H3,(H2,14,15,17). The van der Waals surface area contributed by atoms with E-state index in [9.17, 15) is 9.59 Å². The average molecular weight is 247 g/mol. The van der Waals surface area contributed by atoms with E-state index in [4.69, 9.17) is 4.42 Å². The summed E-state index contributed by atoms with van der Waals surface area (Å²) in [6.45, 7) is 0. The Morgan fingerprint density at radius 1 is 1.17 bits per heavy atom. The number of carbonyl (C=O) groups excluding carboxylic acids is 1. The van der Waals surface area contributed by atoms with Gasteiger partial charge in [0.15, 0.2) is 5.69 Å². The highest BCUT2D eigenvalue weighted by Crippen LogP contribution is 2.27. The van der Waals surface area contributed by atoms with E-state index >= 15 is 0 Å². The minimum Gasteiger partial charge on any atom is -0.421 e. The molecule has 0 saturated heterocycles. The van der Waals surface area contributed by atoms with Crippen LogP contribution in [-0.4, -0.2) is 20.1 Å². The SMILES string of the molecule is CNC(=O)Nc1c(NC)c2ccccc2oc1=O. The number of fused-ring (bicyclic) bond motifs is 1. The van der Waals surface area contributed by atoms with E-state index in [1.807, 2.05) is 6.07 Å². The van der Waals surface area contributed by atoms with Crippen molar-refractivity contribution in [3.05, 3.63) is 34.7 Å². The lowest BCUT2D eigenvalue weighted by molar-refractivity contribution is 0.254. The van der Waals surface area contributed by atoms with Gasteiger partial charge in [-0.25, -0.2) is 9.59 Å². The number of amides is 2. The Morgan fingerprint density at radius 3 is 2.56 bits per heavy atom. The highest BCUT2D eigenvalue weighted by atomic mass is 16.4. The molecule has 1 aromatic carbocycles. The van der Waals surface area contributed by atoms with Crippen LogP contribution in [0.5, 0.6) is 0 Å². The Labute approximate surface area is 103 Å². The molecule has 18 heavy (non-hydrogen) atoms. The van der Waals surface area contributed by atoms with Gasteiger partial charge in [0.25, 0.3) is 0 Å². The second-order valence-electron chi connectivity index (χ2n) is 3.59. The van der Waals surface area contributed by atoms with Crippen molar-refractivity contribution in [3.63, 3.8) is 0 Å². The summed E-state index contributed by atoms with van der Waals surface area (Å²) in [4.78, 5) is 23.1. The number of hydrogen-bond acceptors (Lipinski definition) is 4.